The Kier molecular flexibility index (Phi) is 3.56. The number of hydrogen-bond acceptors (Lipinski definition) is 3. The number of hydrogen-bond donors (Lipinski definition) is 1. The van der Waals surface area contributed by atoms with Crippen LogP contribution >= 0.6 is 0 Å². The number of rotatable bonds is 2. The smallest absolute Gasteiger partial charge is 0.225 e. The van der Waals surface area contributed by atoms with Gasteiger partial charge in [0, 0.05) is 24.1 Å². The van der Waals surface area contributed by atoms with Gasteiger partial charge in [0.2, 0.25) is 5.91 Å². The number of amides is 1. The molecule has 0 bridgehead atoms. The molecule has 1 N–H and O–H groups in total. The number of methoxy groups -OCH3 is 1. The van der Waals surface area contributed by atoms with Crippen LogP contribution in [0.2, 0.25) is 0 Å². The van der Waals surface area contributed by atoms with Gasteiger partial charge in [-0.05, 0) is 41.8 Å². The van der Waals surface area contributed by atoms with Gasteiger partial charge in [-0.15, -0.1) is 0 Å². The first-order valence-corrected chi connectivity index (χ1v) is 7.11. The fourth-order valence-electron chi connectivity index (χ4n) is 2.91. The number of fused-ring (bicyclic) bond motifs is 1. The van der Waals surface area contributed by atoms with Crippen molar-refractivity contribution in [2.45, 2.75) is 19.3 Å². The summed E-state index contributed by atoms with van der Waals surface area (Å²) in [6.07, 6.45) is 0.407. The average molecular weight is 292 g/mol. The first-order valence-electron chi connectivity index (χ1n) is 7.11. The predicted molar refractivity (Wildman–Crippen MR) is 84.0 cm³/mol. The molecule has 1 atom stereocenters. The van der Waals surface area contributed by atoms with Crippen molar-refractivity contribution in [3.05, 3.63) is 58.7 Å². The zero-order valence-corrected chi connectivity index (χ0v) is 12.5. The third-order valence-electron chi connectivity index (χ3n) is 4.05. The van der Waals surface area contributed by atoms with Gasteiger partial charge in [0.1, 0.15) is 5.75 Å². The van der Waals surface area contributed by atoms with Crippen LogP contribution in [0, 0.1) is 18.3 Å². The van der Waals surface area contributed by atoms with E-state index in [0.29, 0.717) is 12.0 Å². The summed E-state index contributed by atoms with van der Waals surface area (Å²) in [5.41, 5.74) is 4.58. The minimum Gasteiger partial charge on any atom is -0.496 e. The van der Waals surface area contributed by atoms with Gasteiger partial charge in [-0.25, -0.2) is 0 Å². The average Bonchev–Trinajstić information content (AvgIpc) is 2.54. The van der Waals surface area contributed by atoms with E-state index >= 15 is 0 Å². The minimum absolute atomic E-state index is 0.00102. The van der Waals surface area contributed by atoms with Crippen LogP contribution in [0.4, 0.5) is 5.69 Å². The third kappa shape index (κ3) is 2.42. The SMILES string of the molecule is COc1cc2c(cc1C)C(c1ccc(C#N)cc1)CC(=O)N2. The normalized spacial score (nSPS) is 16.4. The third-order valence-corrected chi connectivity index (χ3v) is 4.05. The van der Waals surface area contributed by atoms with Crippen LogP contribution in [0.3, 0.4) is 0 Å². The molecule has 2 aromatic carbocycles. The molecule has 1 heterocycles. The number of benzene rings is 2. The molecule has 2 aromatic rings. The summed E-state index contributed by atoms with van der Waals surface area (Å²) in [6, 6.07) is 13.5. The molecule has 0 aromatic heterocycles. The van der Waals surface area contributed by atoms with Crippen LogP contribution in [0.25, 0.3) is 0 Å². The summed E-state index contributed by atoms with van der Waals surface area (Å²) < 4.78 is 5.33. The Morgan fingerprint density at radius 3 is 2.64 bits per heavy atom. The highest BCUT2D eigenvalue weighted by Gasteiger charge is 2.27. The Balaban J connectivity index is 2.08. The maximum atomic E-state index is 12.0. The van der Waals surface area contributed by atoms with Crippen LogP contribution in [0.1, 0.15) is 34.6 Å². The molecule has 0 saturated heterocycles. The van der Waals surface area contributed by atoms with Crippen LogP contribution in [0.15, 0.2) is 36.4 Å². The highest BCUT2D eigenvalue weighted by atomic mass is 16.5. The van der Waals surface area contributed by atoms with Gasteiger partial charge in [0.25, 0.3) is 0 Å². The molecule has 0 aliphatic carbocycles. The largest absolute Gasteiger partial charge is 0.496 e. The van der Waals surface area contributed by atoms with Crippen molar-refractivity contribution in [2.24, 2.45) is 0 Å². The van der Waals surface area contributed by atoms with Gasteiger partial charge in [-0.2, -0.15) is 5.26 Å². The maximum Gasteiger partial charge on any atom is 0.225 e. The molecule has 4 heteroatoms. The van der Waals surface area contributed by atoms with Crippen LogP contribution in [0.5, 0.6) is 5.75 Å². The molecule has 1 unspecified atom stereocenters. The van der Waals surface area contributed by atoms with Crippen molar-refractivity contribution in [1.29, 1.82) is 5.26 Å². The minimum atomic E-state index is -0.00670. The maximum absolute atomic E-state index is 12.0. The number of nitrogens with zero attached hydrogens (tertiary/aromatic N) is 1. The molecule has 110 valence electrons. The van der Waals surface area contributed by atoms with Gasteiger partial charge in [-0.3, -0.25) is 4.79 Å². The standard InChI is InChI=1S/C18H16N2O2/c1-11-7-15-14(13-5-3-12(10-19)4-6-13)8-18(21)20-16(15)9-17(11)22-2/h3-7,9,14H,8H2,1-2H3,(H,20,21). The van der Waals surface area contributed by atoms with E-state index in [1.807, 2.05) is 25.1 Å². The van der Waals surface area contributed by atoms with Crippen LogP contribution in [-0.2, 0) is 4.79 Å². The van der Waals surface area contributed by atoms with Gasteiger partial charge in [-0.1, -0.05) is 12.1 Å². The zero-order chi connectivity index (χ0) is 15.7. The van der Waals surface area contributed by atoms with Gasteiger partial charge < -0.3 is 10.1 Å². The van der Waals surface area contributed by atoms with E-state index < -0.39 is 0 Å². The number of carbonyl (C=O) groups excluding carboxylic acids is 1. The van der Waals surface area contributed by atoms with Crippen molar-refractivity contribution in [2.75, 3.05) is 12.4 Å². The van der Waals surface area contributed by atoms with E-state index in [1.54, 1.807) is 19.2 Å². The first-order chi connectivity index (χ1) is 10.6. The van der Waals surface area contributed by atoms with E-state index in [4.69, 9.17) is 10.00 Å². The molecule has 1 amide bonds. The van der Waals surface area contributed by atoms with Gasteiger partial charge in [0.05, 0.1) is 18.7 Å². The Bertz CT molecular complexity index is 773. The van der Waals surface area contributed by atoms with E-state index in [-0.39, 0.29) is 11.8 Å². The number of aryl methyl sites for hydroxylation is 1. The number of nitrogens with one attached hydrogen (secondary N) is 1. The Labute approximate surface area is 129 Å². The molecule has 4 nitrogen and oxygen atoms in total. The lowest BCUT2D eigenvalue weighted by Crippen LogP contribution is -2.23. The van der Waals surface area contributed by atoms with E-state index in [1.165, 1.54) is 0 Å². The van der Waals surface area contributed by atoms with Crippen molar-refractivity contribution in [3.63, 3.8) is 0 Å². The quantitative estimate of drug-likeness (QED) is 0.923. The molecule has 0 spiro atoms. The fourth-order valence-corrected chi connectivity index (χ4v) is 2.91. The zero-order valence-electron chi connectivity index (χ0n) is 12.5. The lowest BCUT2D eigenvalue weighted by atomic mass is 9.83. The molecule has 22 heavy (non-hydrogen) atoms. The van der Waals surface area contributed by atoms with Crippen molar-refractivity contribution >= 4 is 11.6 Å². The van der Waals surface area contributed by atoms with E-state index in [9.17, 15) is 4.79 Å². The lowest BCUT2D eigenvalue weighted by Gasteiger charge is -2.27. The Morgan fingerprint density at radius 1 is 1.27 bits per heavy atom. The highest BCUT2D eigenvalue weighted by molar-refractivity contribution is 5.95. The topological polar surface area (TPSA) is 62.1 Å². The second kappa shape index (κ2) is 5.53. The first kappa shape index (κ1) is 14.2. The molecule has 0 radical (unpaired) electrons. The van der Waals surface area contributed by atoms with Gasteiger partial charge >= 0.3 is 0 Å². The van der Waals surface area contributed by atoms with Crippen LogP contribution < -0.4 is 10.1 Å². The number of anilines is 1. The summed E-state index contributed by atoms with van der Waals surface area (Å²) in [7, 11) is 1.62. The molecule has 1 aliphatic rings. The van der Waals surface area contributed by atoms with Gasteiger partial charge in [0.15, 0.2) is 0 Å². The van der Waals surface area contributed by atoms with Crippen LogP contribution in [-0.4, -0.2) is 13.0 Å². The second-order valence-electron chi connectivity index (χ2n) is 5.45. The number of nitriles is 1. The number of carbonyl (C=O) groups is 1. The number of ether oxygens (including phenoxy) is 1. The highest BCUT2D eigenvalue weighted by Crippen LogP contribution is 2.40. The summed E-state index contributed by atoms with van der Waals surface area (Å²) in [6.45, 7) is 1.99. The fraction of sp³-hybridized carbons (Fsp3) is 0.222. The molecular formula is C18H16N2O2. The second-order valence-corrected chi connectivity index (χ2v) is 5.45. The molecule has 3 rings (SSSR count). The lowest BCUT2D eigenvalue weighted by molar-refractivity contribution is -0.116. The molecular weight excluding hydrogens is 276 g/mol. The summed E-state index contributed by atoms with van der Waals surface area (Å²) in [4.78, 5) is 12.0. The molecule has 1 aliphatic heterocycles. The summed E-state index contributed by atoms with van der Waals surface area (Å²) >= 11 is 0. The van der Waals surface area contributed by atoms with Crippen molar-refractivity contribution in [1.82, 2.24) is 0 Å². The van der Waals surface area contributed by atoms with E-state index in [0.717, 1.165) is 28.1 Å². The Morgan fingerprint density at radius 2 is 2.00 bits per heavy atom. The van der Waals surface area contributed by atoms with E-state index in [2.05, 4.69) is 17.5 Å². The molecule has 0 saturated carbocycles. The predicted octanol–water partition coefficient (Wildman–Crippen LogP) is 3.35. The molecule has 0 fully saturated rings. The van der Waals surface area contributed by atoms with Crippen molar-refractivity contribution in [3.8, 4) is 11.8 Å². The summed E-state index contributed by atoms with van der Waals surface area (Å²) in [5.74, 6) is 0.758. The summed E-state index contributed by atoms with van der Waals surface area (Å²) in [5, 5.41) is 11.8. The Hall–Kier alpha value is -2.80. The monoisotopic (exact) mass is 292 g/mol. The van der Waals surface area contributed by atoms with Crippen molar-refractivity contribution < 1.29 is 9.53 Å².